The molecular weight excluding hydrogens is 202 g/mol. The monoisotopic (exact) mass is 215 g/mol. The van der Waals surface area contributed by atoms with Crippen LogP contribution >= 0.6 is 0 Å². The Morgan fingerprint density at radius 1 is 1.25 bits per heavy atom. The molecule has 2 rings (SSSR count). The molecule has 16 heavy (non-hydrogen) atoms. The van der Waals surface area contributed by atoms with Crippen LogP contribution in [-0.2, 0) is 0 Å². The van der Waals surface area contributed by atoms with Crippen molar-refractivity contribution in [2.75, 3.05) is 0 Å². The Morgan fingerprint density at radius 2 is 2.00 bits per heavy atom. The first-order valence-corrected chi connectivity index (χ1v) is 5.11. The lowest BCUT2D eigenvalue weighted by Crippen LogP contribution is -2.31. The quantitative estimate of drug-likeness (QED) is 0.781. The van der Waals surface area contributed by atoms with Gasteiger partial charge < -0.3 is 5.11 Å². The lowest BCUT2D eigenvalue weighted by Gasteiger charge is -2.16. The van der Waals surface area contributed by atoms with Crippen LogP contribution in [0.3, 0.4) is 0 Å². The van der Waals surface area contributed by atoms with Gasteiger partial charge in [0, 0.05) is 17.1 Å². The molecule has 0 aliphatic rings. The summed E-state index contributed by atoms with van der Waals surface area (Å²) in [5, 5.41) is 10.5. The van der Waals surface area contributed by atoms with E-state index in [1.807, 2.05) is 12.1 Å². The Bertz CT molecular complexity index is 536. The molecule has 0 aliphatic heterocycles. The van der Waals surface area contributed by atoms with Crippen molar-refractivity contribution in [2.45, 2.75) is 19.4 Å². The molecule has 0 bridgehead atoms. The second-order valence-electron chi connectivity index (χ2n) is 4.26. The maximum absolute atomic E-state index is 12.0. The summed E-state index contributed by atoms with van der Waals surface area (Å²) in [5.41, 5.74) is -0.0832. The number of hydrogen-bond donors (Lipinski definition) is 1. The third-order valence-electron chi connectivity index (χ3n) is 2.45. The standard InChI is InChI=1S/C13H13NO2/c1-13(2,16)12(15)10-5-3-7-11-9(10)6-4-8-14-11/h3-8,16H,1-2H3. The van der Waals surface area contributed by atoms with Gasteiger partial charge in [-0.3, -0.25) is 9.78 Å². The van der Waals surface area contributed by atoms with Crippen molar-refractivity contribution < 1.29 is 9.90 Å². The predicted molar refractivity (Wildman–Crippen MR) is 62.4 cm³/mol. The van der Waals surface area contributed by atoms with Crippen LogP contribution < -0.4 is 0 Å². The molecule has 82 valence electrons. The molecule has 0 unspecified atom stereocenters. The largest absolute Gasteiger partial charge is 0.382 e. The Morgan fingerprint density at radius 3 is 2.69 bits per heavy atom. The molecule has 0 saturated carbocycles. The van der Waals surface area contributed by atoms with Gasteiger partial charge in [0.15, 0.2) is 5.78 Å². The van der Waals surface area contributed by atoms with Crippen LogP contribution in [0.4, 0.5) is 0 Å². The zero-order chi connectivity index (χ0) is 11.8. The summed E-state index contributed by atoms with van der Waals surface area (Å²) in [6.45, 7) is 2.98. The highest BCUT2D eigenvalue weighted by atomic mass is 16.3. The summed E-state index contributed by atoms with van der Waals surface area (Å²) in [4.78, 5) is 16.2. The van der Waals surface area contributed by atoms with Gasteiger partial charge in [-0.25, -0.2) is 0 Å². The van der Waals surface area contributed by atoms with E-state index in [4.69, 9.17) is 0 Å². The topological polar surface area (TPSA) is 50.2 Å². The van der Waals surface area contributed by atoms with Crippen molar-refractivity contribution in [2.24, 2.45) is 0 Å². The first-order chi connectivity index (χ1) is 7.50. The van der Waals surface area contributed by atoms with Crippen LogP contribution in [0, 0.1) is 0 Å². The molecule has 1 heterocycles. The molecule has 0 saturated heterocycles. The second-order valence-corrected chi connectivity index (χ2v) is 4.26. The van der Waals surface area contributed by atoms with Gasteiger partial charge in [-0.05, 0) is 26.0 Å². The number of ketones is 1. The van der Waals surface area contributed by atoms with Gasteiger partial charge in [0.1, 0.15) is 5.60 Å². The highest BCUT2D eigenvalue weighted by Gasteiger charge is 2.26. The third kappa shape index (κ3) is 1.82. The number of pyridine rings is 1. The van der Waals surface area contributed by atoms with Crippen molar-refractivity contribution in [3.63, 3.8) is 0 Å². The van der Waals surface area contributed by atoms with E-state index in [9.17, 15) is 9.90 Å². The molecule has 0 fully saturated rings. The Labute approximate surface area is 93.7 Å². The van der Waals surface area contributed by atoms with E-state index in [0.717, 1.165) is 10.9 Å². The van der Waals surface area contributed by atoms with Gasteiger partial charge in [0.05, 0.1) is 5.52 Å². The minimum atomic E-state index is -1.36. The number of Topliss-reactive ketones (excluding diaryl/α,β-unsaturated/α-hetero) is 1. The number of carbonyl (C=O) groups excluding carboxylic acids is 1. The molecule has 1 aromatic carbocycles. The van der Waals surface area contributed by atoms with Gasteiger partial charge in [-0.1, -0.05) is 18.2 Å². The van der Waals surface area contributed by atoms with Crippen LogP contribution in [0.1, 0.15) is 24.2 Å². The molecule has 0 aliphatic carbocycles. The number of fused-ring (bicyclic) bond motifs is 1. The minimum Gasteiger partial charge on any atom is -0.382 e. The summed E-state index contributed by atoms with van der Waals surface area (Å²) in [7, 11) is 0. The summed E-state index contributed by atoms with van der Waals surface area (Å²) in [6.07, 6.45) is 1.68. The number of nitrogens with zero attached hydrogens (tertiary/aromatic N) is 1. The molecule has 3 nitrogen and oxygen atoms in total. The minimum absolute atomic E-state index is 0.286. The van der Waals surface area contributed by atoms with Gasteiger partial charge >= 0.3 is 0 Å². The summed E-state index contributed by atoms with van der Waals surface area (Å²) in [5.74, 6) is -0.286. The van der Waals surface area contributed by atoms with Crippen molar-refractivity contribution in [3.05, 3.63) is 42.1 Å². The van der Waals surface area contributed by atoms with Gasteiger partial charge in [0.2, 0.25) is 0 Å². The highest BCUT2D eigenvalue weighted by molar-refractivity contribution is 6.10. The van der Waals surface area contributed by atoms with Gasteiger partial charge in [0.25, 0.3) is 0 Å². The normalized spacial score (nSPS) is 11.7. The first kappa shape index (κ1) is 10.8. The zero-order valence-electron chi connectivity index (χ0n) is 9.27. The van der Waals surface area contributed by atoms with Crippen molar-refractivity contribution in [3.8, 4) is 0 Å². The fourth-order valence-corrected chi connectivity index (χ4v) is 1.63. The van der Waals surface area contributed by atoms with E-state index in [-0.39, 0.29) is 5.78 Å². The fourth-order valence-electron chi connectivity index (χ4n) is 1.63. The van der Waals surface area contributed by atoms with Crippen LogP contribution in [0.15, 0.2) is 36.5 Å². The van der Waals surface area contributed by atoms with E-state index < -0.39 is 5.60 Å². The maximum atomic E-state index is 12.0. The molecular formula is C13H13NO2. The fraction of sp³-hybridized carbons (Fsp3) is 0.231. The molecule has 1 N–H and O–H groups in total. The van der Waals surface area contributed by atoms with Crippen LogP contribution in [0.2, 0.25) is 0 Å². The molecule has 2 aromatic rings. The lowest BCUT2D eigenvalue weighted by atomic mass is 9.94. The SMILES string of the molecule is CC(C)(O)C(=O)c1cccc2ncccc12. The average molecular weight is 215 g/mol. The highest BCUT2D eigenvalue weighted by Crippen LogP contribution is 2.21. The van der Waals surface area contributed by atoms with Gasteiger partial charge in [-0.15, -0.1) is 0 Å². The smallest absolute Gasteiger partial charge is 0.194 e. The summed E-state index contributed by atoms with van der Waals surface area (Å²) >= 11 is 0. The van der Waals surface area contributed by atoms with Crippen molar-refractivity contribution in [1.29, 1.82) is 0 Å². The zero-order valence-corrected chi connectivity index (χ0v) is 9.27. The van der Waals surface area contributed by atoms with Crippen LogP contribution in [-0.4, -0.2) is 21.5 Å². The Balaban J connectivity index is 2.66. The van der Waals surface area contributed by atoms with E-state index in [1.165, 1.54) is 13.8 Å². The molecule has 3 heteroatoms. The van der Waals surface area contributed by atoms with Crippen LogP contribution in [0.5, 0.6) is 0 Å². The van der Waals surface area contributed by atoms with Gasteiger partial charge in [-0.2, -0.15) is 0 Å². The number of carbonyl (C=O) groups is 1. The number of benzene rings is 1. The maximum Gasteiger partial charge on any atom is 0.194 e. The number of hydrogen-bond acceptors (Lipinski definition) is 3. The third-order valence-corrected chi connectivity index (χ3v) is 2.45. The predicted octanol–water partition coefficient (Wildman–Crippen LogP) is 2.19. The first-order valence-electron chi connectivity index (χ1n) is 5.11. The van der Waals surface area contributed by atoms with E-state index in [1.54, 1.807) is 24.4 Å². The number of aliphatic hydroxyl groups is 1. The Hall–Kier alpha value is -1.74. The van der Waals surface area contributed by atoms with Crippen molar-refractivity contribution >= 4 is 16.7 Å². The number of aromatic nitrogens is 1. The summed E-state index contributed by atoms with van der Waals surface area (Å²) in [6, 6.07) is 8.94. The van der Waals surface area contributed by atoms with E-state index >= 15 is 0 Å². The van der Waals surface area contributed by atoms with Crippen LogP contribution in [0.25, 0.3) is 10.9 Å². The molecule has 0 amide bonds. The molecule has 0 atom stereocenters. The van der Waals surface area contributed by atoms with E-state index in [0.29, 0.717) is 5.56 Å². The molecule has 1 aromatic heterocycles. The number of rotatable bonds is 2. The summed E-state index contributed by atoms with van der Waals surface area (Å²) < 4.78 is 0. The second kappa shape index (κ2) is 3.68. The molecule has 0 radical (unpaired) electrons. The average Bonchev–Trinajstić information content (AvgIpc) is 2.26. The lowest BCUT2D eigenvalue weighted by molar-refractivity contribution is 0.0490. The van der Waals surface area contributed by atoms with E-state index in [2.05, 4.69) is 4.98 Å². The Kier molecular flexibility index (Phi) is 2.48. The molecule has 0 spiro atoms. The van der Waals surface area contributed by atoms with Crippen molar-refractivity contribution in [1.82, 2.24) is 4.98 Å².